The Morgan fingerprint density at radius 3 is 2.56 bits per heavy atom. The van der Waals surface area contributed by atoms with E-state index in [0.29, 0.717) is 11.3 Å². The van der Waals surface area contributed by atoms with Crippen LogP contribution >= 0.6 is 15.9 Å². The van der Waals surface area contributed by atoms with Crippen molar-refractivity contribution in [2.24, 2.45) is 0 Å². The lowest BCUT2D eigenvalue weighted by Gasteiger charge is -2.11. The van der Waals surface area contributed by atoms with Crippen LogP contribution in [-0.4, -0.2) is 30.9 Å². The predicted octanol–water partition coefficient (Wildman–Crippen LogP) is 2.19. The molecule has 1 heterocycles. The van der Waals surface area contributed by atoms with E-state index in [1.807, 2.05) is 0 Å². The van der Waals surface area contributed by atoms with Gasteiger partial charge in [-0.05, 0) is 43.3 Å². The second kappa shape index (κ2) is 9.03. The van der Waals surface area contributed by atoms with E-state index in [1.54, 1.807) is 43.3 Å². The zero-order valence-corrected chi connectivity index (χ0v) is 15.0. The average molecular weight is 409 g/mol. The first kappa shape index (κ1) is 18.7. The number of halogens is 1. The maximum Gasteiger partial charge on any atom is 0.325 e. The number of esters is 1. The third kappa shape index (κ3) is 6.07. The lowest BCUT2D eigenvalue weighted by Crippen LogP contribution is -2.34. The molecule has 1 aromatic heterocycles. The number of furan rings is 1. The number of hydrogen-bond donors (Lipinski definition) is 2. The van der Waals surface area contributed by atoms with Gasteiger partial charge >= 0.3 is 5.97 Å². The highest BCUT2D eigenvalue weighted by atomic mass is 79.9. The average Bonchev–Trinajstić information content (AvgIpc) is 3.13. The fourth-order valence-electron chi connectivity index (χ4n) is 1.94. The molecule has 7 nitrogen and oxygen atoms in total. The van der Waals surface area contributed by atoms with E-state index in [4.69, 9.17) is 9.15 Å². The summed E-state index contributed by atoms with van der Waals surface area (Å²) in [7, 11) is 0. The van der Waals surface area contributed by atoms with Gasteiger partial charge in [0.05, 0.1) is 12.3 Å². The molecule has 0 bridgehead atoms. The van der Waals surface area contributed by atoms with Crippen LogP contribution in [0, 0.1) is 0 Å². The standard InChI is InChI=1S/C17H17BrN2O5/c1-11(14-3-2-8-24-14)20-15(21)10-25-16(22)9-19-17(23)12-4-6-13(18)7-5-12/h2-8,11H,9-10H2,1H3,(H,19,23)(H,20,21)/t11-/m0/s1. The zero-order chi connectivity index (χ0) is 18.2. The van der Waals surface area contributed by atoms with E-state index in [2.05, 4.69) is 26.6 Å². The SMILES string of the molecule is C[C@H](NC(=O)COC(=O)CNC(=O)c1ccc(Br)cc1)c1ccco1. The smallest absolute Gasteiger partial charge is 0.325 e. The Bertz CT molecular complexity index is 728. The minimum absolute atomic E-state index is 0.323. The zero-order valence-electron chi connectivity index (χ0n) is 13.5. The summed E-state index contributed by atoms with van der Waals surface area (Å²) in [5, 5.41) is 5.06. The van der Waals surface area contributed by atoms with E-state index in [-0.39, 0.29) is 12.6 Å². The van der Waals surface area contributed by atoms with Gasteiger partial charge in [-0.2, -0.15) is 0 Å². The Morgan fingerprint density at radius 2 is 1.92 bits per heavy atom. The first-order valence-electron chi connectivity index (χ1n) is 7.48. The Hall–Kier alpha value is -2.61. The molecule has 2 amide bonds. The van der Waals surface area contributed by atoms with Crippen molar-refractivity contribution in [3.63, 3.8) is 0 Å². The second-order valence-corrected chi connectivity index (χ2v) is 6.07. The van der Waals surface area contributed by atoms with Crippen LogP contribution in [0.15, 0.2) is 51.6 Å². The molecule has 0 aliphatic rings. The van der Waals surface area contributed by atoms with Crippen LogP contribution in [0.4, 0.5) is 0 Å². The Balaban J connectivity index is 1.68. The van der Waals surface area contributed by atoms with Crippen molar-refractivity contribution < 1.29 is 23.5 Å². The van der Waals surface area contributed by atoms with Gasteiger partial charge in [0.25, 0.3) is 11.8 Å². The first-order chi connectivity index (χ1) is 12.0. The molecule has 0 aliphatic carbocycles. The van der Waals surface area contributed by atoms with E-state index in [0.717, 1.165) is 4.47 Å². The van der Waals surface area contributed by atoms with E-state index < -0.39 is 24.4 Å². The normalized spacial score (nSPS) is 11.4. The molecule has 1 atom stereocenters. The molecule has 0 unspecified atom stereocenters. The molecule has 132 valence electrons. The van der Waals surface area contributed by atoms with Crippen molar-refractivity contribution >= 4 is 33.7 Å². The van der Waals surface area contributed by atoms with Gasteiger partial charge in [0.1, 0.15) is 12.3 Å². The van der Waals surface area contributed by atoms with Gasteiger partial charge in [0.2, 0.25) is 0 Å². The highest BCUT2D eigenvalue weighted by molar-refractivity contribution is 9.10. The van der Waals surface area contributed by atoms with Gasteiger partial charge in [-0.15, -0.1) is 0 Å². The van der Waals surface area contributed by atoms with Gasteiger partial charge < -0.3 is 19.8 Å². The molecule has 25 heavy (non-hydrogen) atoms. The summed E-state index contributed by atoms with van der Waals surface area (Å²) in [6, 6.07) is 9.79. The van der Waals surface area contributed by atoms with Crippen LogP contribution in [0.25, 0.3) is 0 Å². The molecule has 1 aromatic carbocycles. The summed E-state index contributed by atoms with van der Waals surface area (Å²) in [6.45, 7) is 0.991. The molecule has 0 spiro atoms. The third-order valence-corrected chi connectivity index (χ3v) is 3.74. The van der Waals surface area contributed by atoms with Crippen LogP contribution in [-0.2, 0) is 14.3 Å². The fraction of sp³-hybridized carbons (Fsp3) is 0.235. The maximum absolute atomic E-state index is 11.9. The number of rotatable bonds is 7. The van der Waals surface area contributed by atoms with Gasteiger partial charge in [-0.1, -0.05) is 15.9 Å². The third-order valence-electron chi connectivity index (χ3n) is 3.21. The summed E-state index contributed by atoms with van der Waals surface area (Å²) in [6.07, 6.45) is 1.51. The molecular weight excluding hydrogens is 392 g/mol. The Morgan fingerprint density at radius 1 is 1.20 bits per heavy atom. The van der Waals surface area contributed by atoms with Crippen LogP contribution in [0.5, 0.6) is 0 Å². The van der Waals surface area contributed by atoms with Crippen molar-refractivity contribution in [1.29, 1.82) is 0 Å². The number of hydrogen-bond acceptors (Lipinski definition) is 5. The Kier molecular flexibility index (Phi) is 6.76. The molecule has 0 saturated heterocycles. The molecular formula is C17H17BrN2O5. The van der Waals surface area contributed by atoms with Crippen LogP contribution in [0.2, 0.25) is 0 Å². The highest BCUT2D eigenvalue weighted by Crippen LogP contribution is 2.12. The quantitative estimate of drug-likeness (QED) is 0.684. The van der Waals surface area contributed by atoms with Crippen molar-refractivity contribution in [3.05, 3.63) is 58.5 Å². The van der Waals surface area contributed by atoms with Crippen molar-refractivity contribution in [1.82, 2.24) is 10.6 Å². The number of benzene rings is 1. The number of amides is 2. The molecule has 2 aromatic rings. The highest BCUT2D eigenvalue weighted by Gasteiger charge is 2.14. The van der Waals surface area contributed by atoms with Gasteiger partial charge in [0, 0.05) is 10.0 Å². The minimum atomic E-state index is -0.703. The number of carbonyl (C=O) groups is 3. The monoisotopic (exact) mass is 408 g/mol. The topological polar surface area (TPSA) is 97.6 Å². The van der Waals surface area contributed by atoms with Crippen LogP contribution in [0.3, 0.4) is 0 Å². The fourth-order valence-corrected chi connectivity index (χ4v) is 2.21. The molecule has 0 aliphatic heterocycles. The summed E-state index contributed by atoms with van der Waals surface area (Å²) in [5.41, 5.74) is 0.418. The first-order valence-corrected chi connectivity index (χ1v) is 8.27. The summed E-state index contributed by atoms with van der Waals surface area (Å²) in [5.74, 6) is -0.968. The second-order valence-electron chi connectivity index (χ2n) is 5.15. The minimum Gasteiger partial charge on any atom is -0.467 e. The number of carbonyl (C=O) groups excluding carboxylic acids is 3. The van der Waals surface area contributed by atoms with E-state index in [9.17, 15) is 14.4 Å². The van der Waals surface area contributed by atoms with Crippen LogP contribution < -0.4 is 10.6 Å². The molecule has 0 radical (unpaired) electrons. The van der Waals surface area contributed by atoms with E-state index >= 15 is 0 Å². The molecule has 0 saturated carbocycles. The Labute approximate surface area is 152 Å². The number of nitrogens with one attached hydrogen (secondary N) is 2. The lowest BCUT2D eigenvalue weighted by molar-refractivity contribution is -0.147. The summed E-state index contributed by atoms with van der Waals surface area (Å²) >= 11 is 3.27. The van der Waals surface area contributed by atoms with Crippen LogP contribution in [0.1, 0.15) is 29.1 Å². The van der Waals surface area contributed by atoms with Crippen molar-refractivity contribution in [3.8, 4) is 0 Å². The largest absolute Gasteiger partial charge is 0.467 e. The molecule has 2 rings (SSSR count). The number of ether oxygens (including phenoxy) is 1. The van der Waals surface area contributed by atoms with Gasteiger partial charge in [0.15, 0.2) is 6.61 Å². The maximum atomic E-state index is 11.9. The van der Waals surface area contributed by atoms with Gasteiger partial charge in [-0.3, -0.25) is 14.4 Å². The molecule has 8 heteroatoms. The molecule has 2 N–H and O–H groups in total. The van der Waals surface area contributed by atoms with Crippen molar-refractivity contribution in [2.75, 3.05) is 13.2 Å². The van der Waals surface area contributed by atoms with Crippen molar-refractivity contribution in [2.45, 2.75) is 13.0 Å². The van der Waals surface area contributed by atoms with Gasteiger partial charge in [-0.25, -0.2) is 0 Å². The summed E-state index contributed by atoms with van der Waals surface area (Å²) < 4.78 is 10.8. The lowest BCUT2D eigenvalue weighted by atomic mass is 10.2. The molecule has 0 fully saturated rings. The van der Waals surface area contributed by atoms with E-state index in [1.165, 1.54) is 6.26 Å². The summed E-state index contributed by atoms with van der Waals surface area (Å²) in [4.78, 5) is 35.2. The predicted molar refractivity (Wildman–Crippen MR) is 92.7 cm³/mol.